The van der Waals surface area contributed by atoms with E-state index < -0.39 is 0 Å². The largest absolute Gasteiger partial charge is 0.348 e. The van der Waals surface area contributed by atoms with E-state index in [9.17, 15) is 4.79 Å². The fourth-order valence-electron chi connectivity index (χ4n) is 2.04. The Kier molecular flexibility index (Phi) is 4.98. The van der Waals surface area contributed by atoms with Crippen LogP contribution in [0.15, 0.2) is 60.9 Å². The second kappa shape index (κ2) is 7.52. The average Bonchev–Trinajstić information content (AvgIpc) is 3.14. The zero-order chi connectivity index (χ0) is 16.8. The number of aromatic nitrogens is 4. The van der Waals surface area contributed by atoms with Crippen LogP contribution in [0.25, 0.3) is 11.8 Å². The number of hydrogen-bond donors (Lipinski definition) is 1. The molecule has 2 aromatic carbocycles. The van der Waals surface area contributed by atoms with Gasteiger partial charge in [-0.2, -0.15) is 0 Å². The minimum absolute atomic E-state index is 0.158. The fourth-order valence-corrected chi connectivity index (χ4v) is 2.17. The van der Waals surface area contributed by atoms with Gasteiger partial charge in [0.25, 0.3) is 0 Å². The molecule has 7 heteroatoms. The molecular formula is C17H14ClN5O. The second-order valence-electron chi connectivity index (χ2n) is 5.02. The van der Waals surface area contributed by atoms with Crippen LogP contribution >= 0.6 is 11.6 Å². The van der Waals surface area contributed by atoms with Crippen molar-refractivity contribution in [3.05, 3.63) is 77.1 Å². The predicted octanol–water partition coefficient (Wildman–Crippen LogP) is 2.65. The highest BCUT2D eigenvalue weighted by Gasteiger charge is 1.99. The maximum absolute atomic E-state index is 11.9. The Balaban J connectivity index is 1.55. The molecule has 0 bridgehead atoms. The van der Waals surface area contributed by atoms with Crippen LogP contribution < -0.4 is 5.32 Å². The molecule has 0 aliphatic heterocycles. The third-order valence-corrected chi connectivity index (χ3v) is 3.57. The average molecular weight is 340 g/mol. The Labute approximate surface area is 143 Å². The van der Waals surface area contributed by atoms with Crippen molar-refractivity contribution in [2.75, 3.05) is 0 Å². The third-order valence-electron chi connectivity index (χ3n) is 3.31. The normalized spacial score (nSPS) is 10.9. The quantitative estimate of drug-likeness (QED) is 0.725. The summed E-state index contributed by atoms with van der Waals surface area (Å²) in [5.41, 5.74) is 2.75. The van der Waals surface area contributed by atoms with Crippen molar-refractivity contribution in [2.24, 2.45) is 0 Å². The molecule has 1 amide bonds. The van der Waals surface area contributed by atoms with E-state index in [-0.39, 0.29) is 5.91 Å². The SMILES string of the molecule is O=C(/C=C/c1ccc(-n2cnnn2)cc1)NCc1ccc(Cl)cc1. The number of benzene rings is 2. The molecule has 120 valence electrons. The standard InChI is InChI=1S/C17H14ClN5O/c18-15-6-1-14(2-7-15)11-19-17(24)10-5-13-3-8-16(9-4-13)23-12-20-21-22-23/h1-10,12H,11H2,(H,19,24)/b10-5+. The number of tetrazole rings is 1. The summed E-state index contributed by atoms with van der Waals surface area (Å²) in [5.74, 6) is -0.158. The van der Waals surface area contributed by atoms with E-state index in [0.717, 1.165) is 16.8 Å². The van der Waals surface area contributed by atoms with Gasteiger partial charge in [0.15, 0.2) is 0 Å². The highest BCUT2D eigenvalue weighted by atomic mass is 35.5. The van der Waals surface area contributed by atoms with Crippen LogP contribution in [0.5, 0.6) is 0 Å². The van der Waals surface area contributed by atoms with Gasteiger partial charge in [-0.05, 0) is 51.9 Å². The molecule has 0 spiro atoms. The third kappa shape index (κ3) is 4.27. The van der Waals surface area contributed by atoms with Crippen molar-refractivity contribution in [3.63, 3.8) is 0 Å². The van der Waals surface area contributed by atoms with Crippen LogP contribution in [0, 0.1) is 0 Å². The van der Waals surface area contributed by atoms with Crippen LogP contribution in [0.1, 0.15) is 11.1 Å². The smallest absolute Gasteiger partial charge is 0.244 e. The highest BCUT2D eigenvalue weighted by Crippen LogP contribution is 2.10. The molecule has 3 rings (SSSR count). The lowest BCUT2D eigenvalue weighted by Gasteiger charge is -2.03. The van der Waals surface area contributed by atoms with Gasteiger partial charge in [-0.1, -0.05) is 35.9 Å². The summed E-state index contributed by atoms with van der Waals surface area (Å²) in [7, 11) is 0. The molecule has 0 saturated carbocycles. The van der Waals surface area contributed by atoms with Gasteiger partial charge in [-0.3, -0.25) is 4.79 Å². The molecule has 24 heavy (non-hydrogen) atoms. The number of hydrogen-bond acceptors (Lipinski definition) is 4. The summed E-state index contributed by atoms with van der Waals surface area (Å²) < 4.78 is 1.56. The zero-order valence-electron chi connectivity index (χ0n) is 12.6. The molecule has 1 N–H and O–H groups in total. The minimum atomic E-state index is -0.158. The summed E-state index contributed by atoms with van der Waals surface area (Å²) in [6.07, 6.45) is 4.78. The van der Waals surface area contributed by atoms with Crippen molar-refractivity contribution in [3.8, 4) is 5.69 Å². The Morgan fingerprint density at radius 1 is 1.12 bits per heavy atom. The van der Waals surface area contributed by atoms with E-state index in [2.05, 4.69) is 20.8 Å². The minimum Gasteiger partial charge on any atom is -0.348 e. The fraction of sp³-hybridized carbons (Fsp3) is 0.0588. The van der Waals surface area contributed by atoms with Gasteiger partial charge in [0.2, 0.25) is 5.91 Å². The molecule has 0 aliphatic carbocycles. The molecule has 6 nitrogen and oxygen atoms in total. The molecule has 0 aliphatic rings. The topological polar surface area (TPSA) is 72.7 Å². The number of nitrogens with one attached hydrogen (secondary N) is 1. The molecule has 0 saturated heterocycles. The van der Waals surface area contributed by atoms with Gasteiger partial charge >= 0.3 is 0 Å². The van der Waals surface area contributed by atoms with Crippen LogP contribution in [0.3, 0.4) is 0 Å². The van der Waals surface area contributed by atoms with Crippen molar-refractivity contribution in [1.29, 1.82) is 0 Å². The number of rotatable bonds is 5. The zero-order valence-corrected chi connectivity index (χ0v) is 13.4. The maximum Gasteiger partial charge on any atom is 0.244 e. The van der Waals surface area contributed by atoms with Crippen LogP contribution in [-0.2, 0) is 11.3 Å². The number of nitrogens with zero attached hydrogens (tertiary/aromatic N) is 4. The molecule has 0 radical (unpaired) electrons. The van der Waals surface area contributed by atoms with E-state index >= 15 is 0 Å². The maximum atomic E-state index is 11.9. The highest BCUT2D eigenvalue weighted by molar-refractivity contribution is 6.30. The van der Waals surface area contributed by atoms with Crippen molar-refractivity contribution in [2.45, 2.75) is 6.54 Å². The van der Waals surface area contributed by atoms with Gasteiger partial charge in [0.05, 0.1) is 5.69 Å². The summed E-state index contributed by atoms with van der Waals surface area (Å²) in [5, 5.41) is 14.5. The first kappa shape index (κ1) is 15.9. The van der Waals surface area contributed by atoms with E-state index in [1.165, 1.54) is 12.4 Å². The molecule has 3 aromatic rings. The van der Waals surface area contributed by atoms with Gasteiger partial charge in [-0.25, -0.2) is 4.68 Å². The summed E-state index contributed by atoms with van der Waals surface area (Å²) >= 11 is 5.82. The molecule has 0 fully saturated rings. The molecule has 1 heterocycles. The monoisotopic (exact) mass is 339 g/mol. The van der Waals surface area contributed by atoms with Crippen molar-refractivity contribution in [1.82, 2.24) is 25.5 Å². The molecule has 0 atom stereocenters. The lowest BCUT2D eigenvalue weighted by atomic mass is 10.2. The van der Waals surface area contributed by atoms with Crippen LogP contribution in [-0.4, -0.2) is 26.1 Å². The van der Waals surface area contributed by atoms with Gasteiger partial charge in [0.1, 0.15) is 6.33 Å². The molecule has 1 aromatic heterocycles. The Morgan fingerprint density at radius 3 is 2.54 bits per heavy atom. The van der Waals surface area contributed by atoms with Gasteiger partial charge in [0, 0.05) is 17.6 Å². The Morgan fingerprint density at radius 2 is 1.88 bits per heavy atom. The van der Waals surface area contributed by atoms with Gasteiger partial charge in [-0.15, -0.1) is 5.10 Å². The van der Waals surface area contributed by atoms with Crippen LogP contribution in [0.4, 0.5) is 0 Å². The first-order valence-electron chi connectivity index (χ1n) is 7.24. The lowest BCUT2D eigenvalue weighted by molar-refractivity contribution is -0.116. The van der Waals surface area contributed by atoms with E-state index in [1.54, 1.807) is 22.9 Å². The number of carbonyl (C=O) groups is 1. The van der Waals surface area contributed by atoms with E-state index in [4.69, 9.17) is 11.6 Å². The summed E-state index contributed by atoms with van der Waals surface area (Å²) in [4.78, 5) is 11.9. The Hall–Kier alpha value is -2.99. The first-order chi connectivity index (χ1) is 11.7. The van der Waals surface area contributed by atoms with Gasteiger partial charge < -0.3 is 5.32 Å². The second-order valence-corrected chi connectivity index (χ2v) is 5.46. The summed E-state index contributed by atoms with van der Waals surface area (Å²) in [6, 6.07) is 14.9. The lowest BCUT2D eigenvalue weighted by Crippen LogP contribution is -2.20. The Bertz CT molecular complexity index is 826. The molecule has 0 unspecified atom stereocenters. The predicted molar refractivity (Wildman–Crippen MR) is 91.5 cm³/mol. The number of amides is 1. The summed E-state index contributed by atoms with van der Waals surface area (Å²) in [6.45, 7) is 0.457. The van der Waals surface area contributed by atoms with Crippen LogP contribution in [0.2, 0.25) is 5.02 Å². The van der Waals surface area contributed by atoms with Crippen molar-refractivity contribution < 1.29 is 4.79 Å². The number of carbonyl (C=O) groups excluding carboxylic acids is 1. The molecular weight excluding hydrogens is 326 g/mol. The van der Waals surface area contributed by atoms with Crippen molar-refractivity contribution >= 4 is 23.6 Å². The first-order valence-corrected chi connectivity index (χ1v) is 7.62. The van der Waals surface area contributed by atoms with E-state index in [0.29, 0.717) is 11.6 Å². The van der Waals surface area contributed by atoms with E-state index in [1.807, 2.05) is 36.4 Å². The number of halogens is 1.